The second-order valence-electron chi connectivity index (χ2n) is 5.54. The molecule has 1 aromatic rings. The van der Waals surface area contributed by atoms with Gasteiger partial charge in [-0.25, -0.2) is 8.78 Å². The zero-order valence-corrected chi connectivity index (χ0v) is 11.5. The molecule has 0 spiro atoms. The topological polar surface area (TPSA) is 40.6 Å². The van der Waals surface area contributed by atoms with Crippen molar-refractivity contribution in [2.45, 2.75) is 18.8 Å². The molecule has 2 aliphatic rings. The highest BCUT2D eigenvalue weighted by atomic mass is 19.3. The van der Waals surface area contributed by atoms with E-state index < -0.39 is 5.92 Å². The third-order valence-corrected chi connectivity index (χ3v) is 3.98. The molecule has 3 rings (SSSR count). The first-order chi connectivity index (χ1) is 9.98. The maximum absolute atomic E-state index is 13.1. The minimum atomic E-state index is -2.60. The predicted octanol–water partition coefficient (Wildman–Crippen LogP) is 2.01. The maximum atomic E-state index is 13.1. The summed E-state index contributed by atoms with van der Waals surface area (Å²) < 4.78 is 26.1. The summed E-state index contributed by atoms with van der Waals surface area (Å²) in [5.41, 5.74) is 0.852. The van der Waals surface area contributed by atoms with E-state index in [4.69, 9.17) is 0 Å². The van der Waals surface area contributed by atoms with Gasteiger partial charge in [0.25, 0.3) is 17.7 Å². The zero-order chi connectivity index (χ0) is 15.0. The van der Waals surface area contributed by atoms with E-state index in [-0.39, 0.29) is 31.3 Å². The van der Waals surface area contributed by atoms with E-state index in [9.17, 15) is 18.4 Å². The SMILES string of the molecule is O=C1c2ccccc2C(=O)N1CCCN1CCC(F)(F)C1. The van der Waals surface area contributed by atoms with Gasteiger partial charge < -0.3 is 0 Å². The lowest BCUT2D eigenvalue weighted by atomic mass is 10.1. The van der Waals surface area contributed by atoms with Crippen LogP contribution in [0.4, 0.5) is 8.78 Å². The Morgan fingerprint density at radius 3 is 2.19 bits per heavy atom. The summed E-state index contributed by atoms with van der Waals surface area (Å²) in [4.78, 5) is 27.1. The first-order valence-electron chi connectivity index (χ1n) is 7.03. The second kappa shape index (κ2) is 5.18. The van der Waals surface area contributed by atoms with Crippen molar-refractivity contribution in [3.8, 4) is 0 Å². The van der Waals surface area contributed by atoms with Crippen molar-refractivity contribution in [3.05, 3.63) is 35.4 Å². The van der Waals surface area contributed by atoms with Crippen LogP contribution in [0.1, 0.15) is 33.6 Å². The van der Waals surface area contributed by atoms with Crippen LogP contribution < -0.4 is 0 Å². The summed E-state index contributed by atoms with van der Waals surface area (Å²) in [6.07, 6.45) is 0.404. The molecule has 1 fully saturated rings. The van der Waals surface area contributed by atoms with E-state index in [2.05, 4.69) is 0 Å². The summed E-state index contributed by atoms with van der Waals surface area (Å²) in [5, 5.41) is 0. The van der Waals surface area contributed by atoms with E-state index >= 15 is 0 Å². The molecule has 2 amide bonds. The van der Waals surface area contributed by atoms with Gasteiger partial charge in [0.15, 0.2) is 0 Å². The van der Waals surface area contributed by atoms with Crippen LogP contribution in [0.2, 0.25) is 0 Å². The molecule has 21 heavy (non-hydrogen) atoms. The quantitative estimate of drug-likeness (QED) is 0.798. The Morgan fingerprint density at radius 2 is 1.67 bits per heavy atom. The number of hydrogen-bond donors (Lipinski definition) is 0. The second-order valence-corrected chi connectivity index (χ2v) is 5.54. The summed E-state index contributed by atoms with van der Waals surface area (Å²) in [6.45, 7) is 0.891. The van der Waals surface area contributed by atoms with Crippen LogP contribution in [0.15, 0.2) is 24.3 Å². The van der Waals surface area contributed by atoms with Crippen LogP contribution in [-0.4, -0.2) is 53.7 Å². The summed E-state index contributed by atoms with van der Waals surface area (Å²) in [7, 11) is 0. The van der Waals surface area contributed by atoms with Gasteiger partial charge in [0.2, 0.25) is 0 Å². The van der Waals surface area contributed by atoms with Crippen LogP contribution in [0.25, 0.3) is 0 Å². The number of amides is 2. The number of imide groups is 1. The fourth-order valence-electron chi connectivity index (χ4n) is 2.89. The lowest BCUT2D eigenvalue weighted by molar-refractivity contribution is 0.0118. The molecule has 2 heterocycles. The smallest absolute Gasteiger partial charge is 0.261 e. The summed E-state index contributed by atoms with van der Waals surface area (Å²) in [6, 6.07) is 6.72. The molecule has 1 saturated heterocycles. The lowest BCUT2D eigenvalue weighted by Gasteiger charge is -2.18. The van der Waals surface area contributed by atoms with Crippen molar-refractivity contribution >= 4 is 11.8 Å². The third kappa shape index (κ3) is 2.68. The molecule has 1 aromatic carbocycles. The Hall–Kier alpha value is -1.82. The van der Waals surface area contributed by atoms with Crippen molar-refractivity contribution < 1.29 is 18.4 Å². The molecule has 0 atom stereocenters. The fourth-order valence-corrected chi connectivity index (χ4v) is 2.89. The van der Waals surface area contributed by atoms with E-state index in [0.717, 1.165) is 0 Å². The monoisotopic (exact) mass is 294 g/mol. The molecule has 4 nitrogen and oxygen atoms in total. The van der Waals surface area contributed by atoms with Gasteiger partial charge in [0.05, 0.1) is 17.7 Å². The summed E-state index contributed by atoms with van der Waals surface area (Å²) in [5.74, 6) is -3.18. The minimum absolute atomic E-state index is 0.111. The van der Waals surface area contributed by atoms with Gasteiger partial charge in [-0.3, -0.25) is 19.4 Å². The van der Waals surface area contributed by atoms with Crippen molar-refractivity contribution in [2.75, 3.05) is 26.2 Å². The number of likely N-dealkylation sites (tertiary alicyclic amines) is 1. The van der Waals surface area contributed by atoms with Crippen molar-refractivity contribution in [2.24, 2.45) is 0 Å². The van der Waals surface area contributed by atoms with Gasteiger partial charge in [-0.05, 0) is 18.6 Å². The van der Waals surface area contributed by atoms with Gasteiger partial charge in [0, 0.05) is 26.1 Å². The molecular formula is C15H16F2N2O2. The number of alkyl halides is 2. The zero-order valence-electron chi connectivity index (χ0n) is 11.5. The number of benzene rings is 1. The van der Waals surface area contributed by atoms with Crippen LogP contribution >= 0.6 is 0 Å². The number of hydrogen-bond acceptors (Lipinski definition) is 3. The van der Waals surface area contributed by atoms with E-state index in [1.54, 1.807) is 29.2 Å². The average Bonchev–Trinajstić information content (AvgIpc) is 2.92. The fraction of sp³-hybridized carbons (Fsp3) is 0.467. The van der Waals surface area contributed by atoms with E-state index in [1.165, 1.54) is 4.90 Å². The van der Waals surface area contributed by atoms with E-state index in [1.807, 2.05) is 0 Å². The molecule has 0 bridgehead atoms. The highest BCUT2D eigenvalue weighted by Gasteiger charge is 2.38. The van der Waals surface area contributed by atoms with Gasteiger partial charge in [-0.2, -0.15) is 0 Å². The van der Waals surface area contributed by atoms with Crippen LogP contribution in [-0.2, 0) is 0 Å². The molecule has 0 unspecified atom stereocenters. The Kier molecular flexibility index (Phi) is 3.49. The van der Waals surface area contributed by atoms with Crippen LogP contribution in [0.5, 0.6) is 0 Å². The third-order valence-electron chi connectivity index (χ3n) is 3.98. The maximum Gasteiger partial charge on any atom is 0.261 e. The van der Waals surface area contributed by atoms with Gasteiger partial charge in [-0.1, -0.05) is 12.1 Å². The Balaban J connectivity index is 1.56. The summed E-state index contributed by atoms with van der Waals surface area (Å²) >= 11 is 0. The molecule has 0 aliphatic carbocycles. The molecule has 6 heteroatoms. The first-order valence-corrected chi connectivity index (χ1v) is 7.03. The highest BCUT2D eigenvalue weighted by Crippen LogP contribution is 2.27. The highest BCUT2D eigenvalue weighted by molar-refractivity contribution is 6.21. The van der Waals surface area contributed by atoms with Crippen molar-refractivity contribution in [1.82, 2.24) is 9.80 Å². The van der Waals surface area contributed by atoms with Gasteiger partial charge in [0.1, 0.15) is 0 Å². The van der Waals surface area contributed by atoms with Crippen molar-refractivity contribution in [3.63, 3.8) is 0 Å². The molecule has 0 aromatic heterocycles. The van der Waals surface area contributed by atoms with Gasteiger partial charge >= 0.3 is 0 Å². The number of carbonyl (C=O) groups excluding carboxylic acids is 2. The van der Waals surface area contributed by atoms with Crippen molar-refractivity contribution in [1.29, 1.82) is 0 Å². The molecule has 0 N–H and O–H groups in total. The Bertz CT molecular complexity index is 554. The Labute approximate surface area is 121 Å². The number of fused-ring (bicyclic) bond motifs is 1. The standard InChI is InChI=1S/C15H16F2N2O2/c16-15(17)6-9-18(10-15)7-3-8-19-13(20)11-4-1-2-5-12(11)14(19)21/h1-2,4-5H,3,6-10H2. The number of rotatable bonds is 4. The number of carbonyl (C=O) groups is 2. The number of nitrogens with zero attached hydrogens (tertiary/aromatic N) is 2. The molecule has 0 saturated carbocycles. The van der Waals surface area contributed by atoms with Gasteiger partial charge in [-0.15, -0.1) is 0 Å². The molecule has 0 radical (unpaired) electrons. The predicted molar refractivity (Wildman–Crippen MR) is 72.4 cm³/mol. The lowest BCUT2D eigenvalue weighted by Crippen LogP contribution is -2.33. The normalized spacial score (nSPS) is 21.1. The molecular weight excluding hydrogens is 278 g/mol. The average molecular weight is 294 g/mol. The Morgan fingerprint density at radius 1 is 1.05 bits per heavy atom. The first kappa shape index (κ1) is 14.1. The molecule has 112 valence electrons. The molecule has 2 aliphatic heterocycles. The van der Waals surface area contributed by atoms with E-state index in [0.29, 0.717) is 30.6 Å². The van der Waals surface area contributed by atoms with Crippen LogP contribution in [0.3, 0.4) is 0 Å². The van der Waals surface area contributed by atoms with Crippen LogP contribution in [0, 0.1) is 0 Å². The number of halogens is 2. The largest absolute Gasteiger partial charge is 0.297 e. The minimum Gasteiger partial charge on any atom is -0.297 e.